The second-order valence-corrected chi connectivity index (χ2v) is 4.03. The van der Waals surface area contributed by atoms with Crippen molar-refractivity contribution in [2.24, 2.45) is 5.92 Å². The minimum Gasteiger partial charge on any atom is -0.507 e. The van der Waals surface area contributed by atoms with E-state index in [1.165, 1.54) is 6.07 Å². The van der Waals surface area contributed by atoms with E-state index in [1.807, 2.05) is 14.0 Å². The van der Waals surface area contributed by atoms with Crippen molar-refractivity contribution in [2.45, 2.75) is 6.92 Å². The summed E-state index contributed by atoms with van der Waals surface area (Å²) in [7, 11) is 1.83. The molecular formula is C12H17FN2O2. The summed E-state index contributed by atoms with van der Waals surface area (Å²) in [4.78, 5) is 11.7. The Kier molecular flexibility index (Phi) is 4.90. The average molecular weight is 240 g/mol. The van der Waals surface area contributed by atoms with Crippen molar-refractivity contribution in [1.82, 2.24) is 10.6 Å². The van der Waals surface area contributed by atoms with Crippen LogP contribution in [0.1, 0.15) is 17.3 Å². The first kappa shape index (κ1) is 13.4. The van der Waals surface area contributed by atoms with E-state index >= 15 is 0 Å². The lowest BCUT2D eigenvalue weighted by Gasteiger charge is -2.12. The maximum Gasteiger partial charge on any atom is 0.255 e. The molecule has 0 saturated carbocycles. The summed E-state index contributed by atoms with van der Waals surface area (Å²) in [6.45, 7) is 3.22. The number of amides is 1. The van der Waals surface area contributed by atoms with Crippen molar-refractivity contribution < 1.29 is 14.3 Å². The Morgan fingerprint density at radius 1 is 1.47 bits per heavy atom. The smallest absolute Gasteiger partial charge is 0.255 e. The SMILES string of the molecule is CNCC(C)CNC(=O)c1cc(F)ccc1O. The summed E-state index contributed by atoms with van der Waals surface area (Å²) in [5.74, 6) is -0.967. The predicted octanol–water partition coefficient (Wildman–Crippen LogP) is 1.12. The fourth-order valence-electron chi connectivity index (χ4n) is 1.47. The van der Waals surface area contributed by atoms with E-state index in [4.69, 9.17) is 0 Å². The first-order valence-corrected chi connectivity index (χ1v) is 5.46. The molecule has 1 aromatic rings. The number of halogens is 1. The van der Waals surface area contributed by atoms with Gasteiger partial charge < -0.3 is 15.7 Å². The Bertz CT molecular complexity index is 396. The Hall–Kier alpha value is -1.62. The van der Waals surface area contributed by atoms with Crippen molar-refractivity contribution in [2.75, 3.05) is 20.1 Å². The molecule has 17 heavy (non-hydrogen) atoms. The van der Waals surface area contributed by atoms with Crippen LogP contribution in [0.5, 0.6) is 5.75 Å². The molecule has 0 aliphatic heterocycles. The molecular weight excluding hydrogens is 223 g/mol. The van der Waals surface area contributed by atoms with E-state index in [0.29, 0.717) is 6.54 Å². The lowest BCUT2D eigenvalue weighted by atomic mass is 10.1. The van der Waals surface area contributed by atoms with Gasteiger partial charge in [0.05, 0.1) is 5.56 Å². The normalized spacial score (nSPS) is 12.2. The zero-order valence-electron chi connectivity index (χ0n) is 9.96. The topological polar surface area (TPSA) is 61.4 Å². The molecule has 1 unspecified atom stereocenters. The molecule has 0 aromatic heterocycles. The van der Waals surface area contributed by atoms with E-state index < -0.39 is 11.7 Å². The number of rotatable bonds is 5. The molecule has 0 bridgehead atoms. The molecule has 94 valence electrons. The number of hydrogen-bond donors (Lipinski definition) is 3. The van der Waals surface area contributed by atoms with Gasteiger partial charge in [-0.1, -0.05) is 6.92 Å². The fraction of sp³-hybridized carbons (Fsp3) is 0.417. The van der Waals surface area contributed by atoms with Crippen LogP contribution >= 0.6 is 0 Å². The third-order valence-electron chi connectivity index (χ3n) is 2.37. The maximum absolute atomic E-state index is 12.9. The first-order chi connectivity index (χ1) is 8.04. The van der Waals surface area contributed by atoms with Gasteiger partial charge in [-0.25, -0.2) is 4.39 Å². The first-order valence-electron chi connectivity index (χ1n) is 5.46. The molecule has 0 saturated heterocycles. The van der Waals surface area contributed by atoms with E-state index in [9.17, 15) is 14.3 Å². The van der Waals surface area contributed by atoms with Crippen molar-refractivity contribution in [3.63, 3.8) is 0 Å². The second-order valence-electron chi connectivity index (χ2n) is 4.03. The zero-order chi connectivity index (χ0) is 12.8. The van der Waals surface area contributed by atoms with E-state index in [-0.39, 0.29) is 17.2 Å². The molecule has 1 aromatic carbocycles. The highest BCUT2D eigenvalue weighted by Gasteiger charge is 2.12. The van der Waals surface area contributed by atoms with Crippen LogP contribution in [0.3, 0.4) is 0 Å². The highest BCUT2D eigenvalue weighted by atomic mass is 19.1. The van der Waals surface area contributed by atoms with Crippen LogP contribution in [0.2, 0.25) is 0 Å². The van der Waals surface area contributed by atoms with Crippen LogP contribution < -0.4 is 10.6 Å². The monoisotopic (exact) mass is 240 g/mol. The standard InChI is InChI=1S/C12H17FN2O2/c1-8(6-14-2)7-15-12(17)10-5-9(13)3-4-11(10)16/h3-5,8,14,16H,6-7H2,1-2H3,(H,15,17). The summed E-state index contributed by atoms with van der Waals surface area (Å²) in [5, 5.41) is 15.1. The minimum atomic E-state index is -0.545. The van der Waals surface area contributed by atoms with E-state index in [0.717, 1.165) is 18.7 Å². The lowest BCUT2D eigenvalue weighted by Crippen LogP contribution is -2.32. The number of nitrogens with one attached hydrogen (secondary N) is 2. The Morgan fingerprint density at radius 2 is 2.18 bits per heavy atom. The molecule has 0 aliphatic carbocycles. The molecule has 0 spiro atoms. The van der Waals surface area contributed by atoms with Crippen molar-refractivity contribution in [1.29, 1.82) is 0 Å². The highest BCUT2D eigenvalue weighted by molar-refractivity contribution is 5.96. The van der Waals surface area contributed by atoms with Crippen LogP contribution in [-0.4, -0.2) is 31.2 Å². The van der Waals surface area contributed by atoms with Crippen LogP contribution in [0.4, 0.5) is 4.39 Å². The predicted molar refractivity (Wildman–Crippen MR) is 63.5 cm³/mol. The number of hydrogen-bond acceptors (Lipinski definition) is 3. The third kappa shape index (κ3) is 4.03. The third-order valence-corrected chi connectivity index (χ3v) is 2.37. The second kappa shape index (κ2) is 6.20. The van der Waals surface area contributed by atoms with Gasteiger partial charge in [0.1, 0.15) is 11.6 Å². The molecule has 1 atom stereocenters. The van der Waals surface area contributed by atoms with Gasteiger partial charge in [-0.15, -0.1) is 0 Å². The summed E-state index contributed by atoms with van der Waals surface area (Å²) in [5.41, 5.74) is -0.0401. The lowest BCUT2D eigenvalue weighted by molar-refractivity contribution is 0.0945. The molecule has 1 rings (SSSR count). The number of carbonyl (C=O) groups is 1. The van der Waals surface area contributed by atoms with Gasteiger partial charge in [-0.3, -0.25) is 4.79 Å². The molecule has 4 nitrogen and oxygen atoms in total. The molecule has 0 fully saturated rings. The molecule has 0 heterocycles. The van der Waals surface area contributed by atoms with Crippen LogP contribution in [0.25, 0.3) is 0 Å². The number of phenols is 1. The zero-order valence-corrected chi connectivity index (χ0v) is 9.96. The number of phenolic OH excluding ortho intramolecular Hbond substituents is 1. The van der Waals surface area contributed by atoms with Gasteiger partial charge in [-0.2, -0.15) is 0 Å². The maximum atomic E-state index is 12.9. The fourth-order valence-corrected chi connectivity index (χ4v) is 1.47. The largest absolute Gasteiger partial charge is 0.507 e. The van der Waals surface area contributed by atoms with Crippen molar-refractivity contribution >= 4 is 5.91 Å². The van der Waals surface area contributed by atoms with Gasteiger partial charge in [0, 0.05) is 6.54 Å². The van der Waals surface area contributed by atoms with Crippen LogP contribution in [0, 0.1) is 11.7 Å². The van der Waals surface area contributed by atoms with Gasteiger partial charge in [-0.05, 0) is 37.7 Å². The number of aromatic hydroxyl groups is 1. The van der Waals surface area contributed by atoms with Gasteiger partial charge in [0.15, 0.2) is 0 Å². The average Bonchev–Trinajstić information content (AvgIpc) is 2.29. The molecule has 1 amide bonds. The Balaban J connectivity index is 2.61. The van der Waals surface area contributed by atoms with Crippen molar-refractivity contribution in [3.05, 3.63) is 29.6 Å². The van der Waals surface area contributed by atoms with Gasteiger partial charge in [0.25, 0.3) is 5.91 Å². The minimum absolute atomic E-state index is 0.0401. The van der Waals surface area contributed by atoms with Crippen molar-refractivity contribution in [3.8, 4) is 5.75 Å². The Morgan fingerprint density at radius 3 is 2.82 bits per heavy atom. The number of benzene rings is 1. The Labute approximate surface area is 99.8 Å². The van der Waals surface area contributed by atoms with Crippen LogP contribution in [-0.2, 0) is 0 Å². The molecule has 3 N–H and O–H groups in total. The molecule has 5 heteroatoms. The number of carbonyl (C=O) groups excluding carboxylic acids is 1. The van der Waals surface area contributed by atoms with Crippen LogP contribution in [0.15, 0.2) is 18.2 Å². The van der Waals surface area contributed by atoms with E-state index in [2.05, 4.69) is 10.6 Å². The van der Waals surface area contributed by atoms with Gasteiger partial charge in [0.2, 0.25) is 0 Å². The molecule has 0 aliphatic rings. The van der Waals surface area contributed by atoms with Gasteiger partial charge >= 0.3 is 0 Å². The summed E-state index contributed by atoms with van der Waals surface area (Å²) in [6.07, 6.45) is 0. The summed E-state index contributed by atoms with van der Waals surface area (Å²) in [6, 6.07) is 3.30. The summed E-state index contributed by atoms with van der Waals surface area (Å²) < 4.78 is 12.9. The summed E-state index contributed by atoms with van der Waals surface area (Å²) >= 11 is 0. The molecule has 0 radical (unpaired) electrons. The van der Waals surface area contributed by atoms with E-state index in [1.54, 1.807) is 0 Å². The quantitative estimate of drug-likeness (QED) is 0.722. The highest BCUT2D eigenvalue weighted by Crippen LogP contribution is 2.17.